The van der Waals surface area contributed by atoms with Crippen LogP contribution in [0.5, 0.6) is 0 Å². The van der Waals surface area contributed by atoms with Crippen molar-refractivity contribution in [1.29, 1.82) is 0 Å². The fourth-order valence-electron chi connectivity index (χ4n) is 4.25. The summed E-state index contributed by atoms with van der Waals surface area (Å²) >= 11 is 12.2. The fourth-order valence-corrected chi connectivity index (χ4v) is 4.60. The van der Waals surface area contributed by atoms with E-state index in [0.717, 1.165) is 31.7 Å². The molecule has 2 N–H and O–H groups in total. The summed E-state index contributed by atoms with van der Waals surface area (Å²) < 4.78 is 47.6. The monoisotopic (exact) mass is 527 g/mol. The Kier molecular flexibility index (Phi) is 8.09. The third kappa shape index (κ3) is 6.59. The number of methoxy groups -OCH3 is 1. The highest BCUT2D eigenvalue weighted by molar-refractivity contribution is 6.31. The number of nitrogens with one attached hydrogen (secondary N) is 2. The number of aromatic nitrogens is 2. The number of guanidine groups is 1. The van der Waals surface area contributed by atoms with Crippen LogP contribution in [0.15, 0.2) is 58.6 Å². The molecule has 0 saturated heterocycles. The maximum atomic E-state index is 13.5. The standard InChI is InChI=1S/C24H26Cl2F3N5O/c1-35-22(15-9-11-16(25)12-10-15)32-23(30-18-6-4-5-17(26)13-18)31-21-14-20(24(27,28)29)33-34(21)19-7-2-3-8-19/h4-6,9,11-15,19,22H,2-3,7-8,10H2,1H3,(H2,30,31,32). The van der Waals surface area contributed by atoms with Gasteiger partial charge in [0, 0.05) is 34.8 Å². The molecule has 4 rings (SSSR count). The Hall–Kier alpha value is -2.49. The normalized spacial score (nSPS) is 20.1. The quantitative estimate of drug-likeness (QED) is 0.307. The molecule has 0 radical (unpaired) electrons. The Balaban J connectivity index is 1.69. The van der Waals surface area contributed by atoms with Crippen LogP contribution < -0.4 is 10.6 Å². The lowest BCUT2D eigenvalue weighted by molar-refractivity contribution is -0.141. The van der Waals surface area contributed by atoms with Gasteiger partial charge in [-0.25, -0.2) is 9.67 Å². The van der Waals surface area contributed by atoms with Crippen LogP contribution in [0.4, 0.5) is 24.7 Å². The van der Waals surface area contributed by atoms with Gasteiger partial charge in [-0.1, -0.05) is 54.3 Å². The zero-order valence-corrected chi connectivity index (χ0v) is 20.5. The van der Waals surface area contributed by atoms with E-state index in [1.54, 1.807) is 30.3 Å². The highest BCUT2D eigenvalue weighted by Crippen LogP contribution is 2.36. The molecule has 2 aliphatic carbocycles. The summed E-state index contributed by atoms with van der Waals surface area (Å²) in [5.74, 6) is 0.307. The lowest BCUT2D eigenvalue weighted by atomic mass is 9.99. The zero-order chi connectivity index (χ0) is 25.0. The van der Waals surface area contributed by atoms with E-state index >= 15 is 0 Å². The van der Waals surface area contributed by atoms with E-state index in [0.29, 0.717) is 22.2 Å². The summed E-state index contributed by atoms with van der Waals surface area (Å²) in [6.45, 7) is 0. The molecule has 0 spiro atoms. The molecular formula is C24H26Cl2F3N5O. The van der Waals surface area contributed by atoms with E-state index in [1.807, 2.05) is 12.2 Å². The van der Waals surface area contributed by atoms with Crippen LogP contribution in [0.1, 0.15) is 43.8 Å². The first-order valence-electron chi connectivity index (χ1n) is 11.3. The Morgan fingerprint density at radius 3 is 2.60 bits per heavy atom. The minimum atomic E-state index is -4.56. The summed E-state index contributed by atoms with van der Waals surface area (Å²) in [6.07, 6.45) is 4.41. The van der Waals surface area contributed by atoms with Crippen molar-refractivity contribution in [1.82, 2.24) is 9.78 Å². The number of ether oxygens (including phenoxy) is 1. The van der Waals surface area contributed by atoms with Crippen molar-refractivity contribution < 1.29 is 17.9 Å². The van der Waals surface area contributed by atoms with E-state index < -0.39 is 18.1 Å². The Labute approximate surface area is 211 Å². The molecule has 1 saturated carbocycles. The molecule has 1 fully saturated rings. The molecule has 6 nitrogen and oxygen atoms in total. The van der Waals surface area contributed by atoms with Gasteiger partial charge in [0.2, 0.25) is 5.96 Å². The van der Waals surface area contributed by atoms with Crippen molar-refractivity contribution in [3.05, 3.63) is 64.3 Å². The topological polar surface area (TPSA) is 63.5 Å². The van der Waals surface area contributed by atoms with Gasteiger partial charge in [0.25, 0.3) is 0 Å². The Bertz CT molecular complexity index is 1120. The molecule has 0 amide bonds. The van der Waals surface area contributed by atoms with Crippen molar-refractivity contribution in [3.63, 3.8) is 0 Å². The number of anilines is 2. The van der Waals surface area contributed by atoms with Crippen LogP contribution in [0.25, 0.3) is 0 Å². The van der Waals surface area contributed by atoms with Gasteiger partial charge >= 0.3 is 6.18 Å². The van der Waals surface area contributed by atoms with Crippen molar-refractivity contribution in [2.75, 3.05) is 17.7 Å². The molecule has 0 aliphatic heterocycles. The van der Waals surface area contributed by atoms with Crippen molar-refractivity contribution in [2.24, 2.45) is 10.9 Å². The second-order valence-corrected chi connectivity index (χ2v) is 9.38. The van der Waals surface area contributed by atoms with Crippen LogP contribution in [0.3, 0.4) is 0 Å². The van der Waals surface area contributed by atoms with E-state index in [4.69, 9.17) is 27.9 Å². The Morgan fingerprint density at radius 1 is 1.20 bits per heavy atom. The van der Waals surface area contributed by atoms with Crippen LogP contribution in [-0.4, -0.2) is 29.1 Å². The molecule has 0 bridgehead atoms. The zero-order valence-electron chi connectivity index (χ0n) is 19.0. The third-order valence-electron chi connectivity index (χ3n) is 5.98. The summed E-state index contributed by atoms with van der Waals surface area (Å²) in [5, 5.41) is 11.2. The first kappa shape index (κ1) is 25.6. The molecule has 11 heteroatoms. The van der Waals surface area contributed by atoms with Gasteiger partial charge in [0.05, 0.1) is 6.04 Å². The predicted molar refractivity (Wildman–Crippen MR) is 133 cm³/mol. The number of rotatable bonds is 6. The smallest absolute Gasteiger partial charge is 0.359 e. The molecule has 2 atom stereocenters. The van der Waals surface area contributed by atoms with Gasteiger partial charge in [-0.05, 0) is 43.5 Å². The average Bonchev–Trinajstić information content (AvgIpc) is 3.48. The van der Waals surface area contributed by atoms with Crippen molar-refractivity contribution in [2.45, 2.75) is 50.6 Å². The number of allylic oxidation sites excluding steroid dienone is 3. The van der Waals surface area contributed by atoms with Crippen LogP contribution in [0.2, 0.25) is 5.02 Å². The van der Waals surface area contributed by atoms with Gasteiger partial charge in [-0.2, -0.15) is 18.3 Å². The minimum Gasteiger partial charge on any atom is -0.359 e. The van der Waals surface area contributed by atoms with Gasteiger partial charge in [-0.3, -0.25) is 0 Å². The molecule has 1 aromatic carbocycles. The number of nitrogens with zero attached hydrogens (tertiary/aromatic N) is 3. The van der Waals surface area contributed by atoms with E-state index in [1.165, 1.54) is 11.8 Å². The second kappa shape index (κ2) is 11.1. The number of hydrogen-bond acceptors (Lipinski definition) is 3. The summed E-state index contributed by atoms with van der Waals surface area (Å²) in [7, 11) is 1.53. The molecule has 35 heavy (non-hydrogen) atoms. The number of alkyl halides is 3. The molecule has 2 unspecified atom stereocenters. The average molecular weight is 528 g/mol. The fraction of sp³-hybridized carbons (Fsp3) is 0.417. The van der Waals surface area contributed by atoms with Crippen LogP contribution in [0, 0.1) is 5.92 Å². The number of benzene rings is 1. The number of halogens is 5. The molecule has 188 valence electrons. The van der Waals surface area contributed by atoms with Gasteiger partial charge < -0.3 is 15.4 Å². The maximum absolute atomic E-state index is 13.5. The van der Waals surface area contributed by atoms with Gasteiger partial charge in [0.15, 0.2) is 11.9 Å². The van der Waals surface area contributed by atoms with E-state index in [-0.39, 0.29) is 23.7 Å². The highest BCUT2D eigenvalue weighted by atomic mass is 35.5. The predicted octanol–water partition coefficient (Wildman–Crippen LogP) is 7.22. The summed E-state index contributed by atoms with van der Waals surface area (Å²) in [6, 6.07) is 7.85. The lowest BCUT2D eigenvalue weighted by Crippen LogP contribution is -2.30. The van der Waals surface area contributed by atoms with Gasteiger partial charge in [-0.15, -0.1) is 0 Å². The van der Waals surface area contributed by atoms with E-state index in [9.17, 15) is 13.2 Å². The Morgan fingerprint density at radius 2 is 1.97 bits per heavy atom. The van der Waals surface area contributed by atoms with Crippen molar-refractivity contribution in [3.8, 4) is 0 Å². The first-order valence-corrected chi connectivity index (χ1v) is 12.1. The van der Waals surface area contributed by atoms with Crippen LogP contribution >= 0.6 is 23.2 Å². The summed E-state index contributed by atoms with van der Waals surface area (Å²) in [4.78, 5) is 4.69. The first-order chi connectivity index (χ1) is 16.7. The SMILES string of the molecule is COC(N=C(Nc1cccc(Cl)c1)Nc1cc(C(F)(F)F)nn1C1CCCC1)C1C=CC(Cl)=CC1. The van der Waals surface area contributed by atoms with E-state index in [2.05, 4.69) is 20.7 Å². The lowest BCUT2D eigenvalue weighted by Gasteiger charge is -2.23. The molecule has 2 aliphatic rings. The number of hydrogen-bond donors (Lipinski definition) is 2. The van der Waals surface area contributed by atoms with Gasteiger partial charge in [0.1, 0.15) is 5.82 Å². The second-order valence-electron chi connectivity index (χ2n) is 8.51. The van der Waals surface area contributed by atoms with Crippen LogP contribution in [-0.2, 0) is 10.9 Å². The highest BCUT2D eigenvalue weighted by Gasteiger charge is 2.36. The molecular weight excluding hydrogens is 502 g/mol. The molecule has 2 aromatic rings. The largest absolute Gasteiger partial charge is 0.435 e. The minimum absolute atomic E-state index is 0.106. The third-order valence-corrected chi connectivity index (χ3v) is 6.50. The maximum Gasteiger partial charge on any atom is 0.435 e. The molecule has 1 aromatic heterocycles. The summed E-state index contributed by atoms with van der Waals surface area (Å²) in [5.41, 5.74) is -0.337. The van der Waals surface area contributed by atoms with Crippen molar-refractivity contribution >= 4 is 40.7 Å². The number of aliphatic imine (C=N–C) groups is 1. The molecule has 1 heterocycles.